The molecule has 148 valence electrons. The molecule has 0 aliphatic carbocycles. The average molecular weight is 372 g/mol. The van der Waals surface area contributed by atoms with Gasteiger partial charge in [-0.05, 0) is 43.6 Å². The Morgan fingerprint density at radius 1 is 0.926 bits per heavy atom. The summed E-state index contributed by atoms with van der Waals surface area (Å²) in [5.41, 5.74) is 1.17. The number of rotatable bonds is 7. The number of hydrogen-bond acceptors (Lipinski definition) is 4. The minimum atomic E-state index is 0.314. The van der Waals surface area contributed by atoms with E-state index in [1.165, 1.54) is 37.9 Å². The second kappa shape index (κ2) is 10.5. The maximum atomic E-state index is 12.4. The fourth-order valence-electron chi connectivity index (χ4n) is 3.83. The summed E-state index contributed by atoms with van der Waals surface area (Å²) in [6.45, 7) is 7.86. The van der Waals surface area contributed by atoms with Crippen LogP contribution in [-0.2, 0) is 4.79 Å². The molecule has 27 heavy (non-hydrogen) atoms. The van der Waals surface area contributed by atoms with Crippen LogP contribution < -0.4 is 4.74 Å². The van der Waals surface area contributed by atoms with E-state index in [4.69, 9.17) is 4.74 Å². The molecule has 3 rings (SSSR count). The summed E-state index contributed by atoms with van der Waals surface area (Å²) in [5, 5.41) is 0. The molecule has 2 heterocycles. The summed E-state index contributed by atoms with van der Waals surface area (Å²) in [4.78, 5) is 19.4. The third kappa shape index (κ3) is 6.36. The number of carbonyl (C=O) groups excluding carboxylic acids is 1. The van der Waals surface area contributed by atoms with Gasteiger partial charge in [-0.25, -0.2) is 0 Å². The Labute approximate surface area is 163 Å². The number of amides is 1. The molecule has 0 N–H and O–H groups in total. The zero-order valence-electron chi connectivity index (χ0n) is 16.6. The molecule has 0 bridgehead atoms. The van der Waals surface area contributed by atoms with Crippen LogP contribution in [0.1, 0.15) is 31.2 Å². The predicted molar refractivity (Wildman–Crippen MR) is 110 cm³/mol. The largest absolute Gasteiger partial charge is 0.497 e. The zero-order valence-corrected chi connectivity index (χ0v) is 16.6. The van der Waals surface area contributed by atoms with Gasteiger partial charge in [-0.2, -0.15) is 0 Å². The lowest BCUT2D eigenvalue weighted by molar-refractivity contribution is -0.130. The molecule has 5 nitrogen and oxygen atoms in total. The van der Waals surface area contributed by atoms with Gasteiger partial charge in [-0.15, -0.1) is 0 Å². The van der Waals surface area contributed by atoms with Crippen LogP contribution in [0.3, 0.4) is 0 Å². The Hall–Kier alpha value is -1.85. The minimum absolute atomic E-state index is 0.314. The fraction of sp³-hybridized carbons (Fsp3) is 0.591. The predicted octanol–water partition coefficient (Wildman–Crippen LogP) is 2.73. The van der Waals surface area contributed by atoms with Crippen LogP contribution in [0, 0.1) is 0 Å². The van der Waals surface area contributed by atoms with E-state index < -0.39 is 0 Å². The number of likely N-dealkylation sites (tertiary alicyclic amines) is 1. The van der Waals surface area contributed by atoms with E-state index in [-0.39, 0.29) is 0 Å². The SMILES string of the molecule is COc1ccc(C=CCN2CCC(=O)N(CCN3CCCCC3)CC2)cc1. The molecule has 1 aromatic carbocycles. The number of nitrogens with zero attached hydrogens (tertiary/aromatic N) is 3. The van der Waals surface area contributed by atoms with Gasteiger partial charge >= 0.3 is 0 Å². The van der Waals surface area contributed by atoms with E-state index in [2.05, 4.69) is 39.0 Å². The first-order valence-corrected chi connectivity index (χ1v) is 10.3. The van der Waals surface area contributed by atoms with Crippen molar-refractivity contribution < 1.29 is 9.53 Å². The molecule has 0 atom stereocenters. The molecule has 2 aliphatic heterocycles. The highest BCUT2D eigenvalue weighted by Gasteiger charge is 2.21. The van der Waals surface area contributed by atoms with Crippen molar-refractivity contribution in [3.05, 3.63) is 35.9 Å². The lowest BCUT2D eigenvalue weighted by Gasteiger charge is -2.29. The number of carbonyl (C=O) groups is 1. The van der Waals surface area contributed by atoms with Gasteiger partial charge in [0.1, 0.15) is 5.75 Å². The van der Waals surface area contributed by atoms with E-state index in [1.54, 1.807) is 7.11 Å². The average Bonchev–Trinajstić information content (AvgIpc) is 2.89. The Morgan fingerprint density at radius 3 is 2.44 bits per heavy atom. The highest BCUT2D eigenvalue weighted by molar-refractivity contribution is 5.76. The van der Waals surface area contributed by atoms with Crippen molar-refractivity contribution in [1.82, 2.24) is 14.7 Å². The number of methoxy groups -OCH3 is 1. The van der Waals surface area contributed by atoms with Gasteiger partial charge in [-0.3, -0.25) is 9.69 Å². The standard InChI is InChI=1S/C22H33N3O2/c1-27-21-9-7-20(8-10-21)6-5-14-24-15-11-22(26)25(19-17-24)18-16-23-12-3-2-4-13-23/h5-10H,2-4,11-19H2,1H3. The first kappa shape index (κ1) is 19.9. The number of ether oxygens (including phenoxy) is 1. The Morgan fingerprint density at radius 2 is 1.70 bits per heavy atom. The van der Waals surface area contributed by atoms with E-state index >= 15 is 0 Å². The summed E-state index contributed by atoms with van der Waals surface area (Å²) in [6.07, 6.45) is 8.94. The molecule has 0 saturated carbocycles. The zero-order chi connectivity index (χ0) is 18.9. The van der Waals surface area contributed by atoms with Crippen molar-refractivity contribution in [1.29, 1.82) is 0 Å². The Balaban J connectivity index is 1.42. The first-order chi connectivity index (χ1) is 13.2. The monoisotopic (exact) mass is 371 g/mol. The highest BCUT2D eigenvalue weighted by atomic mass is 16.5. The third-order valence-corrected chi connectivity index (χ3v) is 5.61. The van der Waals surface area contributed by atoms with E-state index in [1.807, 2.05) is 12.1 Å². The summed E-state index contributed by atoms with van der Waals surface area (Å²) >= 11 is 0. The normalized spacial score (nSPS) is 20.2. The first-order valence-electron chi connectivity index (χ1n) is 10.3. The van der Waals surface area contributed by atoms with E-state index in [0.717, 1.165) is 45.0 Å². The van der Waals surface area contributed by atoms with Crippen LogP contribution in [0.5, 0.6) is 5.75 Å². The molecule has 0 aromatic heterocycles. The molecule has 0 radical (unpaired) electrons. The molecule has 5 heteroatoms. The minimum Gasteiger partial charge on any atom is -0.497 e. The van der Waals surface area contributed by atoms with Gasteiger partial charge in [0.05, 0.1) is 7.11 Å². The lowest BCUT2D eigenvalue weighted by Crippen LogP contribution is -2.41. The third-order valence-electron chi connectivity index (χ3n) is 5.61. The Kier molecular flexibility index (Phi) is 7.72. The van der Waals surface area contributed by atoms with Crippen molar-refractivity contribution in [2.45, 2.75) is 25.7 Å². The van der Waals surface area contributed by atoms with E-state index in [9.17, 15) is 4.79 Å². The van der Waals surface area contributed by atoms with Crippen LogP contribution in [-0.4, -0.2) is 80.1 Å². The summed E-state index contributed by atoms with van der Waals surface area (Å²) in [6, 6.07) is 8.07. The molecule has 1 amide bonds. The van der Waals surface area contributed by atoms with Gasteiger partial charge in [0.15, 0.2) is 0 Å². The molecular formula is C22H33N3O2. The lowest BCUT2D eigenvalue weighted by atomic mass is 10.1. The maximum Gasteiger partial charge on any atom is 0.223 e. The van der Waals surface area contributed by atoms with Crippen molar-refractivity contribution in [2.75, 3.05) is 59.5 Å². The van der Waals surface area contributed by atoms with Crippen molar-refractivity contribution in [2.24, 2.45) is 0 Å². The fourth-order valence-corrected chi connectivity index (χ4v) is 3.83. The number of benzene rings is 1. The van der Waals surface area contributed by atoms with Crippen LogP contribution in [0.4, 0.5) is 0 Å². The summed E-state index contributed by atoms with van der Waals surface area (Å²) in [5.74, 6) is 1.19. The Bertz CT molecular complexity index is 608. The number of piperidine rings is 1. The van der Waals surface area contributed by atoms with Crippen LogP contribution >= 0.6 is 0 Å². The van der Waals surface area contributed by atoms with Gasteiger partial charge in [0, 0.05) is 45.7 Å². The van der Waals surface area contributed by atoms with Gasteiger partial charge < -0.3 is 14.5 Å². The maximum absolute atomic E-state index is 12.4. The van der Waals surface area contributed by atoms with Crippen molar-refractivity contribution in [3.63, 3.8) is 0 Å². The summed E-state index contributed by atoms with van der Waals surface area (Å²) < 4.78 is 5.19. The topological polar surface area (TPSA) is 36.0 Å². The number of hydrogen-bond donors (Lipinski definition) is 0. The second-order valence-corrected chi connectivity index (χ2v) is 7.51. The smallest absolute Gasteiger partial charge is 0.223 e. The van der Waals surface area contributed by atoms with Crippen molar-refractivity contribution >= 4 is 12.0 Å². The van der Waals surface area contributed by atoms with Crippen molar-refractivity contribution in [3.8, 4) is 5.75 Å². The second-order valence-electron chi connectivity index (χ2n) is 7.51. The van der Waals surface area contributed by atoms with Gasteiger partial charge in [-0.1, -0.05) is 30.7 Å². The molecule has 2 aliphatic rings. The molecular weight excluding hydrogens is 338 g/mol. The van der Waals surface area contributed by atoms with Crippen LogP contribution in [0.15, 0.2) is 30.3 Å². The summed E-state index contributed by atoms with van der Waals surface area (Å²) in [7, 11) is 1.68. The van der Waals surface area contributed by atoms with Gasteiger partial charge in [0.2, 0.25) is 5.91 Å². The van der Waals surface area contributed by atoms with Crippen LogP contribution in [0.2, 0.25) is 0 Å². The highest BCUT2D eigenvalue weighted by Crippen LogP contribution is 2.13. The quantitative estimate of drug-likeness (QED) is 0.738. The molecule has 0 unspecified atom stereocenters. The molecule has 1 aromatic rings. The molecule has 0 spiro atoms. The molecule has 2 saturated heterocycles. The van der Waals surface area contributed by atoms with Gasteiger partial charge in [0.25, 0.3) is 0 Å². The van der Waals surface area contributed by atoms with Crippen LogP contribution in [0.25, 0.3) is 6.08 Å². The van der Waals surface area contributed by atoms with E-state index in [0.29, 0.717) is 12.3 Å². The molecule has 2 fully saturated rings.